The van der Waals surface area contributed by atoms with E-state index in [1.54, 1.807) is 0 Å². The van der Waals surface area contributed by atoms with Gasteiger partial charge in [0.15, 0.2) is 6.54 Å². The number of nitrogens with one attached hydrogen (secondary N) is 1. The minimum Gasteiger partial charge on any atom is -0.323 e. The average molecular weight is 357 g/mol. The smallest absolute Gasteiger partial charge is 0.323 e. The van der Waals surface area contributed by atoms with Crippen molar-refractivity contribution in [2.24, 2.45) is 0 Å². The fourth-order valence-electron chi connectivity index (χ4n) is 3.28. The van der Waals surface area contributed by atoms with E-state index in [0.29, 0.717) is 12.5 Å². The molecule has 5 nitrogen and oxygen atoms in total. The van der Waals surface area contributed by atoms with Crippen molar-refractivity contribution in [1.29, 1.82) is 0 Å². The Morgan fingerprint density at radius 2 is 1.52 bits per heavy atom. The highest BCUT2D eigenvalue weighted by Gasteiger charge is 2.22. The van der Waals surface area contributed by atoms with Crippen LogP contribution in [0.2, 0.25) is 0 Å². The van der Waals surface area contributed by atoms with Crippen LogP contribution in [0, 0.1) is 0 Å². The highest BCUT2D eigenvalue weighted by atomic mass is 16.1. The first-order valence-electron chi connectivity index (χ1n) is 8.88. The number of hydrogen-bond donors (Lipinski definition) is 2. The molecular formula is C22H21N4O+. The third kappa shape index (κ3) is 3.53. The summed E-state index contributed by atoms with van der Waals surface area (Å²) >= 11 is 0. The number of anilines is 2. The third-order valence-electron chi connectivity index (χ3n) is 4.56. The topological polar surface area (TPSA) is 63.9 Å². The van der Waals surface area contributed by atoms with Crippen molar-refractivity contribution in [3.8, 4) is 0 Å². The number of nitrogens with two attached hydrogens (primary N) is 1. The van der Waals surface area contributed by atoms with Gasteiger partial charge in [0, 0.05) is 5.69 Å². The van der Waals surface area contributed by atoms with E-state index in [-0.39, 0.29) is 12.5 Å². The lowest BCUT2D eigenvalue weighted by Crippen LogP contribution is -2.37. The Kier molecular flexibility index (Phi) is 4.58. The molecule has 0 unspecified atom stereocenters. The van der Waals surface area contributed by atoms with Crippen molar-refractivity contribution in [3.63, 3.8) is 0 Å². The summed E-state index contributed by atoms with van der Waals surface area (Å²) in [5, 5.41) is 2.92. The minimum atomic E-state index is -0.111. The summed E-state index contributed by atoms with van der Waals surface area (Å²) < 4.78 is 3.90. The molecule has 0 bridgehead atoms. The lowest BCUT2D eigenvalue weighted by molar-refractivity contribution is -0.648. The predicted octanol–water partition coefficient (Wildman–Crippen LogP) is 3.20. The Morgan fingerprint density at radius 3 is 2.26 bits per heavy atom. The lowest BCUT2D eigenvalue weighted by atomic mass is 10.2. The number of nitrogens with zero attached hydrogens (tertiary/aromatic N) is 2. The van der Waals surface area contributed by atoms with Crippen LogP contribution >= 0.6 is 0 Å². The fourth-order valence-corrected chi connectivity index (χ4v) is 3.28. The molecule has 0 aliphatic rings. The average Bonchev–Trinajstić information content (AvgIpc) is 2.95. The fraction of sp³-hybridized carbons (Fsp3) is 0.0909. The number of carbonyl (C=O) groups excluding carboxylic acids is 1. The number of carbonyl (C=O) groups is 1. The van der Waals surface area contributed by atoms with Crippen LogP contribution < -0.4 is 15.6 Å². The molecule has 0 radical (unpaired) electrons. The van der Waals surface area contributed by atoms with Gasteiger partial charge in [-0.15, -0.1) is 0 Å². The number of para-hydroxylation sites is 3. The van der Waals surface area contributed by atoms with E-state index < -0.39 is 0 Å². The Bertz CT molecular complexity index is 1070. The molecule has 0 saturated heterocycles. The summed E-state index contributed by atoms with van der Waals surface area (Å²) in [6.07, 6.45) is 0. The van der Waals surface area contributed by atoms with Gasteiger partial charge in [-0.3, -0.25) is 10.5 Å². The predicted molar refractivity (Wildman–Crippen MR) is 107 cm³/mol. The van der Waals surface area contributed by atoms with Gasteiger partial charge in [0.2, 0.25) is 0 Å². The van der Waals surface area contributed by atoms with Crippen molar-refractivity contribution < 1.29 is 9.36 Å². The van der Waals surface area contributed by atoms with Crippen molar-refractivity contribution in [1.82, 2.24) is 4.57 Å². The van der Waals surface area contributed by atoms with Crippen LogP contribution in [0.4, 0.5) is 11.6 Å². The van der Waals surface area contributed by atoms with Crippen LogP contribution in [0.25, 0.3) is 11.0 Å². The number of hydrogen-bond acceptors (Lipinski definition) is 2. The highest BCUT2D eigenvalue weighted by molar-refractivity contribution is 5.91. The summed E-state index contributed by atoms with van der Waals surface area (Å²) in [5.74, 6) is 0.448. The van der Waals surface area contributed by atoms with Gasteiger partial charge < -0.3 is 5.32 Å². The van der Waals surface area contributed by atoms with Gasteiger partial charge in [-0.2, -0.15) is 0 Å². The van der Waals surface area contributed by atoms with Crippen LogP contribution in [0.1, 0.15) is 5.56 Å². The summed E-state index contributed by atoms with van der Waals surface area (Å²) in [6.45, 7) is 0.809. The normalized spacial score (nSPS) is 10.8. The highest BCUT2D eigenvalue weighted by Crippen LogP contribution is 2.17. The molecule has 0 spiro atoms. The molecule has 3 N–H and O–H groups in total. The molecule has 0 fully saturated rings. The number of nitrogen functional groups attached to an aromatic ring is 1. The second kappa shape index (κ2) is 7.33. The molecule has 0 atom stereocenters. The van der Waals surface area contributed by atoms with Gasteiger partial charge >= 0.3 is 5.95 Å². The quantitative estimate of drug-likeness (QED) is 0.539. The van der Waals surface area contributed by atoms with Crippen LogP contribution in [-0.2, 0) is 17.9 Å². The van der Waals surface area contributed by atoms with Crippen LogP contribution in [-0.4, -0.2) is 10.5 Å². The van der Waals surface area contributed by atoms with E-state index in [1.807, 2.05) is 81.9 Å². The van der Waals surface area contributed by atoms with Crippen molar-refractivity contribution in [2.45, 2.75) is 13.1 Å². The number of amides is 1. The van der Waals surface area contributed by atoms with E-state index in [0.717, 1.165) is 22.3 Å². The van der Waals surface area contributed by atoms with Gasteiger partial charge in [-0.25, -0.2) is 9.13 Å². The van der Waals surface area contributed by atoms with Gasteiger partial charge in [0.25, 0.3) is 5.91 Å². The molecule has 1 aromatic heterocycles. The Hall–Kier alpha value is -3.60. The number of benzene rings is 3. The zero-order valence-corrected chi connectivity index (χ0v) is 14.9. The lowest BCUT2D eigenvalue weighted by Gasteiger charge is -2.05. The molecule has 4 rings (SSSR count). The zero-order chi connectivity index (χ0) is 18.6. The molecule has 5 heteroatoms. The molecule has 27 heavy (non-hydrogen) atoms. The monoisotopic (exact) mass is 357 g/mol. The first kappa shape index (κ1) is 16.8. The molecular weight excluding hydrogens is 336 g/mol. The maximum Gasteiger partial charge on any atom is 0.356 e. The molecule has 1 amide bonds. The second-order valence-corrected chi connectivity index (χ2v) is 6.42. The largest absolute Gasteiger partial charge is 0.356 e. The van der Waals surface area contributed by atoms with E-state index >= 15 is 0 Å². The summed E-state index contributed by atoms with van der Waals surface area (Å²) in [6, 6.07) is 27.6. The molecule has 3 aromatic carbocycles. The number of imidazole rings is 1. The zero-order valence-electron chi connectivity index (χ0n) is 14.9. The SMILES string of the molecule is Nc1n(CC(=O)Nc2ccccc2)c2ccccc2[n+]1Cc1ccccc1. The first-order chi connectivity index (χ1) is 13.2. The number of rotatable bonds is 5. The molecule has 0 aliphatic heterocycles. The third-order valence-corrected chi connectivity index (χ3v) is 4.56. The molecule has 134 valence electrons. The Balaban J connectivity index is 1.66. The van der Waals surface area contributed by atoms with E-state index in [4.69, 9.17) is 5.73 Å². The Labute approximate surface area is 157 Å². The molecule has 1 heterocycles. The minimum absolute atomic E-state index is 0.111. The molecule has 4 aromatic rings. The van der Waals surface area contributed by atoms with Crippen molar-refractivity contribution >= 4 is 28.6 Å². The standard InChI is InChI=1S/C22H20N4O/c23-22-25(15-17-9-3-1-4-10-17)19-13-7-8-14-20(19)26(22)16-21(27)24-18-11-5-2-6-12-18/h1-14,23H,15-16H2,(H,24,27)/p+1. The second-order valence-electron chi connectivity index (χ2n) is 6.42. The van der Waals surface area contributed by atoms with E-state index in [2.05, 4.69) is 17.4 Å². The summed E-state index contributed by atoms with van der Waals surface area (Å²) in [5.41, 5.74) is 10.3. The van der Waals surface area contributed by atoms with Gasteiger partial charge in [-0.05, 0) is 29.8 Å². The summed E-state index contributed by atoms with van der Waals surface area (Å²) in [7, 11) is 0. The maximum absolute atomic E-state index is 12.5. The maximum atomic E-state index is 12.5. The van der Waals surface area contributed by atoms with Crippen LogP contribution in [0.3, 0.4) is 0 Å². The van der Waals surface area contributed by atoms with Crippen LogP contribution in [0.15, 0.2) is 84.9 Å². The molecule has 0 saturated carbocycles. The van der Waals surface area contributed by atoms with E-state index in [9.17, 15) is 4.79 Å². The number of aromatic nitrogens is 2. The van der Waals surface area contributed by atoms with Crippen molar-refractivity contribution in [3.05, 3.63) is 90.5 Å². The van der Waals surface area contributed by atoms with E-state index in [1.165, 1.54) is 0 Å². The van der Waals surface area contributed by atoms with Gasteiger partial charge in [0.05, 0.1) is 6.54 Å². The summed E-state index contributed by atoms with van der Waals surface area (Å²) in [4.78, 5) is 12.5. The van der Waals surface area contributed by atoms with Crippen molar-refractivity contribution in [2.75, 3.05) is 11.1 Å². The molecule has 0 aliphatic carbocycles. The van der Waals surface area contributed by atoms with Gasteiger partial charge in [-0.1, -0.05) is 60.7 Å². The first-order valence-corrected chi connectivity index (χ1v) is 8.88. The number of fused-ring (bicyclic) bond motifs is 1. The van der Waals surface area contributed by atoms with Crippen LogP contribution in [0.5, 0.6) is 0 Å². The van der Waals surface area contributed by atoms with Gasteiger partial charge in [0.1, 0.15) is 11.0 Å². The Morgan fingerprint density at radius 1 is 0.889 bits per heavy atom.